The van der Waals surface area contributed by atoms with Crippen LogP contribution in [0.1, 0.15) is 16.8 Å². The van der Waals surface area contributed by atoms with Crippen LogP contribution in [0.3, 0.4) is 0 Å². The molecule has 0 saturated heterocycles. The van der Waals surface area contributed by atoms with Crippen molar-refractivity contribution in [1.29, 1.82) is 0 Å². The number of alkyl halides is 3. The molecule has 7 nitrogen and oxygen atoms in total. The lowest BCUT2D eigenvalue weighted by molar-refractivity contribution is -0.228. The SMILES string of the molecule is COC(=O)C(CCNC(=O)c1ccccc1)(C(=O)OC)C1(C(F)(F)F)NC=CC=C1Cl. The minimum absolute atomic E-state index is 0.242. The molecule has 168 valence electrons. The Hall–Kier alpha value is -3.01. The van der Waals surface area contributed by atoms with Gasteiger partial charge in [-0.1, -0.05) is 29.8 Å². The largest absolute Gasteiger partial charge is 0.468 e. The number of esters is 2. The summed E-state index contributed by atoms with van der Waals surface area (Å²) >= 11 is 5.97. The van der Waals surface area contributed by atoms with E-state index in [4.69, 9.17) is 11.6 Å². The lowest BCUT2D eigenvalue weighted by Crippen LogP contribution is -2.72. The highest BCUT2D eigenvalue weighted by molar-refractivity contribution is 6.32. The van der Waals surface area contributed by atoms with Crippen LogP contribution >= 0.6 is 11.6 Å². The highest BCUT2D eigenvalue weighted by Gasteiger charge is 2.76. The summed E-state index contributed by atoms with van der Waals surface area (Å²) in [4.78, 5) is 37.9. The highest BCUT2D eigenvalue weighted by Crippen LogP contribution is 2.53. The molecule has 2 rings (SSSR count). The van der Waals surface area contributed by atoms with Gasteiger partial charge in [0.2, 0.25) is 5.41 Å². The van der Waals surface area contributed by atoms with Crippen molar-refractivity contribution in [2.75, 3.05) is 20.8 Å². The van der Waals surface area contributed by atoms with E-state index in [1.807, 2.05) is 5.32 Å². The van der Waals surface area contributed by atoms with Gasteiger partial charge >= 0.3 is 18.1 Å². The van der Waals surface area contributed by atoms with Crippen molar-refractivity contribution < 1.29 is 37.0 Å². The zero-order valence-corrected chi connectivity index (χ0v) is 17.3. The molecule has 0 aromatic heterocycles. The second kappa shape index (κ2) is 9.42. The third kappa shape index (κ3) is 4.12. The molecule has 0 radical (unpaired) electrons. The van der Waals surface area contributed by atoms with E-state index < -0.39 is 53.0 Å². The van der Waals surface area contributed by atoms with E-state index in [-0.39, 0.29) is 5.56 Å². The lowest BCUT2D eigenvalue weighted by Gasteiger charge is -2.48. The average Bonchev–Trinajstić information content (AvgIpc) is 2.76. The summed E-state index contributed by atoms with van der Waals surface area (Å²) in [5.74, 6) is -3.66. The number of dihydropyridines is 1. The van der Waals surface area contributed by atoms with E-state index in [1.165, 1.54) is 18.2 Å². The number of hydrogen-bond donors (Lipinski definition) is 2. The molecular weight excluding hydrogens is 441 g/mol. The summed E-state index contributed by atoms with van der Waals surface area (Å²) in [6, 6.07) is 7.87. The Morgan fingerprint density at radius 2 is 1.68 bits per heavy atom. The van der Waals surface area contributed by atoms with Crippen LogP contribution in [0.15, 0.2) is 53.7 Å². The van der Waals surface area contributed by atoms with E-state index >= 15 is 0 Å². The normalized spacial score (nSPS) is 18.5. The maximum Gasteiger partial charge on any atom is 0.418 e. The van der Waals surface area contributed by atoms with Gasteiger partial charge in [0.15, 0.2) is 5.54 Å². The Kier molecular flexibility index (Phi) is 7.37. The van der Waals surface area contributed by atoms with E-state index in [2.05, 4.69) is 14.8 Å². The number of carbonyl (C=O) groups is 3. The van der Waals surface area contributed by atoms with Crippen LogP contribution in [0.4, 0.5) is 13.2 Å². The summed E-state index contributed by atoms with van der Waals surface area (Å²) in [6.45, 7) is -0.495. The maximum absolute atomic E-state index is 14.5. The molecule has 0 aliphatic carbocycles. The standard InChI is InChI=1S/C20H20ClF3N2O5/c1-30-16(28)18(17(29)31-2,10-12-25-15(27)13-7-4-3-5-8-13)19(20(22,23)24)14(21)9-6-11-26-19/h3-9,11,26H,10,12H2,1-2H3,(H,25,27). The lowest BCUT2D eigenvalue weighted by atomic mass is 9.65. The Labute approximate surface area is 181 Å². The summed E-state index contributed by atoms with van der Waals surface area (Å²) in [7, 11) is 1.67. The molecule has 1 atom stereocenters. The van der Waals surface area contributed by atoms with Gasteiger partial charge in [0.25, 0.3) is 5.91 Å². The molecule has 1 unspecified atom stereocenters. The molecule has 0 spiro atoms. The number of amides is 1. The monoisotopic (exact) mass is 460 g/mol. The Morgan fingerprint density at radius 1 is 1.10 bits per heavy atom. The van der Waals surface area contributed by atoms with Gasteiger partial charge in [0.05, 0.1) is 19.3 Å². The molecule has 1 aliphatic heterocycles. The van der Waals surface area contributed by atoms with Crippen LogP contribution < -0.4 is 10.6 Å². The fourth-order valence-electron chi connectivity index (χ4n) is 3.47. The number of methoxy groups -OCH3 is 2. The third-order valence-corrected chi connectivity index (χ3v) is 5.36. The predicted octanol–water partition coefficient (Wildman–Crippen LogP) is 2.68. The molecule has 1 aromatic rings. The first kappa shape index (κ1) is 24.3. The van der Waals surface area contributed by atoms with Gasteiger partial charge in [-0.3, -0.25) is 14.4 Å². The quantitative estimate of drug-likeness (QED) is 0.480. The molecule has 2 N–H and O–H groups in total. The van der Waals surface area contributed by atoms with Crippen molar-refractivity contribution in [1.82, 2.24) is 10.6 Å². The fourth-order valence-corrected chi connectivity index (χ4v) is 3.87. The number of rotatable bonds is 7. The van der Waals surface area contributed by atoms with Gasteiger partial charge in [-0.25, -0.2) is 0 Å². The van der Waals surface area contributed by atoms with E-state index in [0.717, 1.165) is 26.5 Å². The summed E-state index contributed by atoms with van der Waals surface area (Å²) in [5.41, 5.74) is -6.14. The molecule has 11 heteroatoms. The maximum atomic E-state index is 14.5. The smallest absolute Gasteiger partial charge is 0.418 e. The molecule has 31 heavy (non-hydrogen) atoms. The van der Waals surface area contributed by atoms with Crippen LogP contribution in [0.25, 0.3) is 0 Å². The Bertz CT molecular complexity index is 886. The molecule has 1 aliphatic rings. The average molecular weight is 461 g/mol. The zero-order chi connectivity index (χ0) is 23.3. The second-order valence-corrected chi connectivity index (χ2v) is 6.93. The first-order valence-electron chi connectivity index (χ1n) is 8.95. The van der Waals surface area contributed by atoms with Crippen molar-refractivity contribution in [2.45, 2.75) is 18.1 Å². The second-order valence-electron chi connectivity index (χ2n) is 6.53. The van der Waals surface area contributed by atoms with Gasteiger partial charge in [-0.15, -0.1) is 0 Å². The predicted molar refractivity (Wildman–Crippen MR) is 105 cm³/mol. The molecule has 0 saturated carbocycles. The van der Waals surface area contributed by atoms with Gasteiger partial charge in [-0.05, 0) is 36.9 Å². The Morgan fingerprint density at radius 3 is 2.16 bits per heavy atom. The number of nitrogens with one attached hydrogen (secondary N) is 2. The number of ether oxygens (including phenoxy) is 2. The number of carbonyl (C=O) groups excluding carboxylic acids is 3. The van der Waals surface area contributed by atoms with Gasteiger partial charge in [-0.2, -0.15) is 13.2 Å². The number of allylic oxidation sites excluding steroid dienone is 2. The number of hydrogen-bond acceptors (Lipinski definition) is 6. The first-order valence-corrected chi connectivity index (χ1v) is 9.33. The highest BCUT2D eigenvalue weighted by atomic mass is 35.5. The van der Waals surface area contributed by atoms with Crippen molar-refractivity contribution in [3.63, 3.8) is 0 Å². The van der Waals surface area contributed by atoms with Crippen LogP contribution in [-0.4, -0.2) is 50.3 Å². The van der Waals surface area contributed by atoms with Crippen molar-refractivity contribution >= 4 is 29.4 Å². The number of benzene rings is 1. The van der Waals surface area contributed by atoms with Gasteiger partial charge < -0.3 is 20.1 Å². The van der Waals surface area contributed by atoms with Crippen molar-refractivity contribution in [3.05, 3.63) is 59.3 Å². The molecular formula is C20H20ClF3N2O5. The molecule has 1 amide bonds. The molecule has 1 heterocycles. The minimum atomic E-state index is -5.24. The third-order valence-electron chi connectivity index (χ3n) is 4.95. The van der Waals surface area contributed by atoms with Gasteiger partial charge in [0.1, 0.15) is 0 Å². The van der Waals surface area contributed by atoms with Crippen LogP contribution in [0.5, 0.6) is 0 Å². The summed E-state index contributed by atoms with van der Waals surface area (Å²) in [5, 5.41) is 3.58. The fraction of sp³-hybridized carbons (Fsp3) is 0.350. The summed E-state index contributed by atoms with van der Waals surface area (Å²) in [6.07, 6.45) is -3.06. The van der Waals surface area contributed by atoms with E-state index in [1.54, 1.807) is 18.2 Å². The summed E-state index contributed by atoms with van der Waals surface area (Å²) < 4.78 is 52.6. The van der Waals surface area contributed by atoms with E-state index in [9.17, 15) is 27.6 Å². The topological polar surface area (TPSA) is 93.7 Å². The minimum Gasteiger partial charge on any atom is -0.468 e. The first-order chi connectivity index (χ1) is 14.6. The molecule has 0 bridgehead atoms. The Balaban J connectivity index is 2.54. The van der Waals surface area contributed by atoms with E-state index in [0.29, 0.717) is 0 Å². The zero-order valence-electron chi connectivity index (χ0n) is 16.6. The van der Waals surface area contributed by atoms with Crippen molar-refractivity contribution in [2.24, 2.45) is 5.41 Å². The van der Waals surface area contributed by atoms with Crippen LogP contribution in [0, 0.1) is 5.41 Å². The number of halogens is 4. The van der Waals surface area contributed by atoms with Crippen LogP contribution in [0.2, 0.25) is 0 Å². The molecule has 0 fully saturated rings. The van der Waals surface area contributed by atoms with Crippen molar-refractivity contribution in [3.8, 4) is 0 Å². The van der Waals surface area contributed by atoms with Gasteiger partial charge in [0, 0.05) is 12.1 Å². The van der Waals surface area contributed by atoms with Crippen LogP contribution in [-0.2, 0) is 19.1 Å². The molecule has 1 aromatic carbocycles.